The van der Waals surface area contributed by atoms with Gasteiger partial charge in [-0.2, -0.15) is 0 Å². The molecule has 4 rings (SSSR count). The highest BCUT2D eigenvalue weighted by Crippen LogP contribution is 2.69. The molecule has 0 aromatic carbocycles. The van der Waals surface area contributed by atoms with Crippen molar-refractivity contribution in [1.82, 2.24) is 0 Å². The van der Waals surface area contributed by atoms with E-state index in [4.69, 9.17) is 9.47 Å². The van der Waals surface area contributed by atoms with Crippen molar-refractivity contribution in [3.63, 3.8) is 0 Å². The number of hydrogen-bond acceptors (Lipinski definition) is 3. The topological polar surface area (TPSA) is 38.8 Å². The first-order chi connectivity index (χ1) is 8.47. The van der Waals surface area contributed by atoms with Gasteiger partial charge in [-0.1, -0.05) is 13.5 Å². The maximum absolute atomic E-state index is 11.7. The minimum absolute atomic E-state index is 0.0166. The second kappa shape index (κ2) is 3.01. The lowest BCUT2D eigenvalue weighted by molar-refractivity contribution is -0.139. The highest BCUT2D eigenvalue weighted by molar-refractivity contribution is 5.90. The van der Waals surface area contributed by atoms with Crippen LogP contribution in [-0.2, 0) is 14.3 Å². The summed E-state index contributed by atoms with van der Waals surface area (Å²) in [5.41, 5.74) is 0.752. The minimum atomic E-state index is -0.188. The average Bonchev–Trinajstić information content (AvgIpc) is 2.72. The molecule has 4 aliphatic rings. The van der Waals surface area contributed by atoms with E-state index in [-0.39, 0.29) is 29.2 Å². The summed E-state index contributed by atoms with van der Waals surface area (Å²) in [6.45, 7) is 8.47. The zero-order valence-electron chi connectivity index (χ0n) is 11.1. The fourth-order valence-corrected chi connectivity index (χ4v) is 4.92. The second-order valence-corrected chi connectivity index (χ2v) is 6.86. The van der Waals surface area contributed by atoms with E-state index in [1.165, 1.54) is 12.8 Å². The Bertz CT molecular complexity index is 457. The Kier molecular flexibility index (Phi) is 1.84. The molecule has 6 atom stereocenters. The minimum Gasteiger partial charge on any atom is -0.458 e. The molecule has 6 unspecified atom stereocenters. The SMILES string of the molecule is C=C1C(=O)OC2CC(C)C3CCC4(C)OC34CC12. The lowest BCUT2D eigenvalue weighted by Crippen LogP contribution is -2.29. The first kappa shape index (κ1) is 11.0. The lowest BCUT2D eigenvalue weighted by atomic mass is 9.79. The van der Waals surface area contributed by atoms with Crippen molar-refractivity contribution in [1.29, 1.82) is 0 Å². The molecule has 0 radical (unpaired) electrons. The molecule has 3 nitrogen and oxygen atoms in total. The van der Waals surface area contributed by atoms with Crippen LogP contribution in [0.2, 0.25) is 0 Å². The average molecular weight is 248 g/mol. The highest BCUT2D eigenvalue weighted by Gasteiger charge is 2.76. The smallest absolute Gasteiger partial charge is 0.334 e. The van der Waals surface area contributed by atoms with Gasteiger partial charge in [0.05, 0.1) is 5.60 Å². The summed E-state index contributed by atoms with van der Waals surface area (Å²) >= 11 is 0. The Labute approximate surface area is 108 Å². The van der Waals surface area contributed by atoms with E-state index in [1.807, 2.05) is 0 Å². The van der Waals surface area contributed by atoms with Gasteiger partial charge in [0.25, 0.3) is 0 Å². The van der Waals surface area contributed by atoms with Gasteiger partial charge in [-0.15, -0.1) is 0 Å². The van der Waals surface area contributed by atoms with Gasteiger partial charge in [0.1, 0.15) is 11.7 Å². The Morgan fingerprint density at radius 1 is 1.44 bits per heavy atom. The van der Waals surface area contributed by atoms with Gasteiger partial charge < -0.3 is 9.47 Å². The van der Waals surface area contributed by atoms with Gasteiger partial charge in [0.15, 0.2) is 0 Å². The van der Waals surface area contributed by atoms with E-state index in [0.717, 1.165) is 12.8 Å². The molecule has 2 aliphatic carbocycles. The van der Waals surface area contributed by atoms with Gasteiger partial charge in [-0.25, -0.2) is 4.79 Å². The third-order valence-corrected chi connectivity index (χ3v) is 6.02. The van der Waals surface area contributed by atoms with E-state index < -0.39 is 0 Å². The van der Waals surface area contributed by atoms with Crippen molar-refractivity contribution in [3.05, 3.63) is 12.2 Å². The molecule has 2 saturated carbocycles. The van der Waals surface area contributed by atoms with Crippen molar-refractivity contribution in [2.24, 2.45) is 17.8 Å². The fraction of sp³-hybridized carbons (Fsp3) is 0.800. The predicted octanol–water partition coefficient (Wildman–Crippen LogP) is 2.45. The quantitative estimate of drug-likeness (QED) is 0.375. The van der Waals surface area contributed by atoms with Crippen LogP contribution in [0.15, 0.2) is 12.2 Å². The van der Waals surface area contributed by atoms with Crippen LogP contribution < -0.4 is 0 Å². The van der Waals surface area contributed by atoms with Crippen molar-refractivity contribution in [2.45, 2.75) is 56.8 Å². The van der Waals surface area contributed by atoms with Gasteiger partial charge in [0, 0.05) is 11.5 Å². The number of carbonyl (C=O) groups is 1. The zero-order chi connectivity index (χ0) is 12.7. The van der Waals surface area contributed by atoms with Crippen molar-refractivity contribution >= 4 is 5.97 Å². The van der Waals surface area contributed by atoms with Crippen molar-refractivity contribution in [2.75, 3.05) is 0 Å². The second-order valence-electron chi connectivity index (χ2n) is 6.86. The van der Waals surface area contributed by atoms with Crippen LogP contribution in [0.5, 0.6) is 0 Å². The van der Waals surface area contributed by atoms with Crippen LogP contribution in [0.4, 0.5) is 0 Å². The van der Waals surface area contributed by atoms with E-state index in [0.29, 0.717) is 17.4 Å². The van der Waals surface area contributed by atoms with Crippen LogP contribution in [-0.4, -0.2) is 23.3 Å². The lowest BCUT2D eigenvalue weighted by Gasteiger charge is -2.24. The number of fused-ring (bicyclic) bond motifs is 1. The number of epoxide rings is 1. The maximum Gasteiger partial charge on any atom is 0.334 e. The number of ether oxygens (including phenoxy) is 2. The van der Waals surface area contributed by atoms with Crippen molar-refractivity contribution < 1.29 is 14.3 Å². The Balaban J connectivity index is 1.73. The largest absolute Gasteiger partial charge is 0.458 e. The molecule has 18 heavy (non-hydrogen) atoms. The monoisotopic (exact) mass is 248 g/mol. The van der Waals surface area contributed by atoms with Crippen LogP contribution in [0.25, 0.3) is 0 Å². The molecule has 2 aliphatic heterocycles. The predicted molar refractivity (Wildman–Crippen MR) is 65.9 cm³/mol. The van der Waals surface area contributed by atoms with Gasteiger partial charge >= 0.3 is 5.97 Å². The van der Waals surface area contributed by atoms with Crippen LogP contribution in [0.1, 0.15) is 39.5 Å². The van der Waals surface area contributed by atoms with Gasteiger partial charge in [-0.3, -0.25) is 0 Å². The molecular weight excluding hydrogens is 228 g/mol. The van der Waals surface area contributed by atoms with E-state index in [9.17, 15) is 4.79 Å². The number of hydrogen-bond donors (Lipinski definition) is 0. The molecule has 0 bridgehead atoms. The molecule has 2 saturated heterocycles. The standard InChI is InChI=1S/C15H20O3/c1-8-6-12-10(9(2)13(16)17-12)7-15-11(8)4-5-14(15,3)18-15/h8,10-12H,2,4-7H2,1,3H3. The zero-order valence-corrected chi connectivity index (χ0v) is 11.1. The molecule has 2 heterocycles. The summed E-state index contributed by atoms with van der Waals surface area (Å²) in [5.74, 6) is 1.21. The summed E-state index contributed by atoms with van der Waals surface area (Å²) in [6, 6.07) is 0. The maximum atomic E-state index is 11.7. The third kappa shape index (κ3) is 1.08. The first-order valence-electron chi connectivity index (χ1n) is 7.07. The Hall–Kier alpha value is -0.830. The summed E-state index contributed by atoms with van der Waals surface area (Å²) in [6.07, 6.45) is 4.39. The number of esters is 1. The van der Waals surface area contributed by atoms with E-state index in [2.05, 4.69) is 20.4 Å². The molecule has 3 heteroatoms. The molecule has 98 valence electrons. The normalized spacial score (nSPS) is 57.4. The Morgan fingerprint density at radius 2 is 2.22 bits per heavy atom. The molecule has 4 fully saturated rings. The molecule has 0 amide bonds. The molecule has 1 spiro atoms. The van der Waals surface area contributed by atoms with E-state index >= 15 is 0 Å². The third-order valence-electron chi connectivity index (χ3n) is 6.02. The van der Waals surface area contributed by atoms with E-state index in [1.54, 1.807) is 0 Å². The molecule has 0 N–H and O–H groups in total. The summed E-state index contributed by atoms with van der Waals surface area (Å²) < 4.78 is 11.7. The number of rotatable bonds is 0. The first-order valence-corrected chi connectivity index (χ1v) is 7.07. The highest BCUT2D eigenvalue weighted by atomic mass is 16.6. The number of carbonyl (C=O) groups excluding carboxylic acids is 1. The van der Waals surface area contributed by atoms with Crippen LogP contribution >= 0.6 is 0 Å². The van der Waals surface area contributed by atoms with Gasteiger partial charge in [-0.05, 0) is 44.4 Å². The Morgan fingerprint density at radius 3 is 2.94 bits per heavy atom. The van der Waals surface area contributed by atoms with Crippen LogP contribution in [0.3, 0.4) is 0 Å². The summed E-state index contributed by atoms with van der Waals surface area (Å²) in [5, 5.41) is 0. The van der Waals surface area contributed by atoms with Gasteiger partial charge in [0.2, 0.25) is 0 Å². The van der Waals surface area contributed by atoms with Crippen LogP contribution in [0, 0.1) is 17.8 Å². The van der Waals surface area contributed by atoms with Crippen molar-refractivity contribution in [3.8, 4) is 0 Å². The fourth-order valence-electron chi connectivity index (χ4n) is 4.92. The molecule has 0 aromatic heterocycles. The molecular formula is C15H20O3. The summed E-state index contributed by atoms with van der Waals surface area (Å²) in [4.78, 5) is 11.7. The molecule has 0 aromatic rings. The summed E-state index contributed by atoms with van der Waals surface area (Å²) in [7, 11) is 0.